The summed E-state index contributed by atoms with van der Waals surface area (Å²) < 4.78 is 4.89. The number of nitrogens with one attached hydrogen (secondary N) is 2. The lowest BCUT2D eigenvalue weighted by molar-refractivity contribution is 0.0601. The first-order valence-electron chi connectivity index (χ1n) is 8.53. The Morgan fingerprint density at radius 2 is 2.00 bits per heavy atom. The molecule has 0 fully saturated rings. The number of pyridine rings is 1. The van der Waals surface area contributed by atoms with Crippen molar-refractivity contribution < 1.29 is 14.3 Å². The van der Waals surface area contributed by atoms with E-state index in [1.165, 1.54) is 7.11 Å². The number of halogens is 1. The van der Waals surface area contributed by atoms with Crippen LogP contribution in [0.3, 0.4) is 0 Å². The van der Waals surface area contributed by atoms with Gasteiger partial charge in [0.25, 0.3) is 5.91 Å². The molecule has 2 rings (SSSR count). The molecule has 150 valence electrons. The summed E-state index contributed by atoms with van der Waals surface area (Å²) in [6, 6.07) is 3.44. The minimum absolute atomic E-state index is 0.139. The Morgan fingerprint density at radius 3 is 2.57 bits per heavy atom. The van der Waals surface area contributed by atoms with Crippen molar-refractivity contribution in [1.82, 2.24) is 9.88 Å². The molecule has 0 bridgehead atoms. The first kappa shape index (κ1) is 22.1. The fourth-order valence-electron chi connectivity index (χ4n) is 2.54. The fourth-order valence-corrected chi connectivity index (χ4v) is 4.15. The van der Waals surface area contributed by atoms with E-state index in [9.17, 15) is 9.59 Å². The number of esters is 1. The molecule has 2 heterocycles. The van der Waals surface area contributed by atoms with Crippen molar-refractivity contribution in [3.8, 4) is 0 Å². The van der Waals surface area contributed by atoms with Gasteiger partial charge in [-0.15, -0.1) is 11.3 Å². The third-order valence-corrected chi connectivity index (χ3v) is 5.72. The maximum Gasteiger partial charge on any atom is 0.341 e. The third kappa shape index (κ3) is 4.78. The molecule has 7 nitrogen and oxygen atoms in total. The van der Waals surface area contributed by atoms with Gasteiger partial charge in [0.1, 0.15) is 5.00 Å². The van der Waals surface area contributed by atoms with Gasteiger partial charge in [-0.05, 0) is 50.7 Å². The van der Waals surface area contributed by atoms with Crippen molar-refractivity contribution in [3.05, 3.63) is 39.5 Å². The van der Waals surface area contributed by atoms with E-state index in [1.54, 1.807) is 30.2 Å². The number of methoxy groups -OCH3 is 1. The number of aromatic nitrogens is 1. The molecule has 0 saturated carbocycles. The van der Waals surface area contributed by atoms with Crippen LogP contribution in [0, 0.1) is 6.92 Å². The van der Waals surface area contributed by atoms with E-state index in [1.807, 2.05) is 13.8 Å². The lowest BCUT2D eigenvalue weighted by Gasteiger charge is -2.17. The number of thiocarbonyl (C=S) groups is 1. The highest BCUT2D eigenvalue weighted by molar-refractivity contribution is 7.80. The Morgan fingerprint density at radius 1 is 1.32 bits per heavy atom. The van der Waals surface area contributed by atoms with Gasteiger partial charge in [-0.25, -0.2) is 9.78 Å². The van der Waals surface area contributed by atoms with Crippen LogP contribution < -0.4 is 10.6 Å². The zero-order chi connectivity index (χ0) is 20.8. The van der Waals surface area contributed by atoms with E-state index in [0.29, 0.717) is 34.2 Å². The highest BCUT2D eigenvalue weighted by Gasteiger charge is 2.27. The van der Waals surface area contributed by atoms with Crippen molar-refractivity contribution in [2.24, 2.45) is 0 Å². The average molecular weight is 441 g/mol. The number of carbonyl (C=O) groups is 2. The summed E-state index contributed by atoms with van der Waals surface area (Å²) in [5.74, 6) is -0.683. The maximum atomic E-state index is 12.8. The van der Waals surface area contributed by atoms with E-state index >= 15 is 0 Å². The molecule has 0 saturated heterocycles. The molecule has 0 aliphatic rings. The molecule has 0 spiro atoms. The number of ether oxygens (including phenoxy) is 1. The van der Waals surface area contributed by atoms with Gasteiger partial charge in [0, 0.05) is 19.3 Å². The molecule has 2 aromatic rings. The lowest BCUT2D eigenvalue weighted by atomic mass is 10.1. The van der Waals surface area contributed by atoms with Gasteiger partial charge in [-0.2, -0.15) is 0 Å². The summed E-state index contributed by atoms with van der Waals surface area (Å²) in [6.07, 6.45) is 1.56. The quantitative estimate of drug-likeness (QED) is 0.396. The Bertz CT molecular complexity index is 897. The normalized spacial score (nSPS) is 10.3. The third-order valence-electron chi connectivity index (χ3n) is 4.02. The lowest BCUT2D eigenvalue weighted by Crippen LogP contribution is -2.30. The number of hydrogen-bond acceptors (Lipinski definition) is 6. The summed E-state index contributed by atoms with van der Waals surface area (Å²) in [7, 11) is 1.29. The summed E-state index contributed by atoms with van der Waals surface area (Å²) in [5.41, 5.74) is 1.36. The molecule has 0 unspecified atom stereocenters. The van der Waals surface area contributed by atoms with Gasteiger partial charge < -0.3 is 20.3 Å². The first-order chi connectivity index (χ1) is 13.3. The van der Waals surface area contributed by atoms with Crippen molar-refractivity contribution >= 4 is 62.8 Å². The van der Waals surface area contributed by atoms with Crippen molar-refractivity contribution in [1.29, 1.82) is 0 Å². The minimum Gasteiger partial charge on any atom is -0.465 e. The van der Waals surface area contributed by atoms with Crippen LogP contribution in [0.15, 0.2) is 18.3 Å². The standard InChI is InChI=1S/C18H21ClN4O3S2/c1-5-23(6-2)16(24)13-10(3)12(17(25)26-4)15(28-13)22-18(27)21-11-8-7-9-20-14(11)19/h7-9H,5-6H2,1-4H3,(H2,21,22,27). The number of nitrogens with zero attached hydrogens (tertiary/aromatic N) is 2. The van der Waals surface area contributed by atoms with Crippen LogP contribution in [0.1, 0.15) is 39.4 Å². The smallest absolute Gasteiger partial charge is 0.341 e. The Balaban J connectivity index is 2.35. The minimum atomic E-state index is -0.544. The fraction of sp³-hybridized carbons (Fsp3) is 0.333. The first-order valence-corrected chi connectivity index (χ1v) is 10.1. The van der Waals surface area contributed by atoms with Crippen molar-refractivity contribution in [3.63, 3.8) is 0 Å². The molecule has 0 atom stereocenters. The van der Waals surface area contributed by atoms with Crippen LogP contribution in [0.5, 0.6) is 0 Å². The predicted molar refractivity (Wildman–Crippen MR) is 117 cm³/mol. The molecular formula is C18H21ClN4O3S2. The molecule has 2 N–H and O–H groups in total. The molecule has 1 amide bonds. The molecule has 2 aromatic heterocycles. The molecule has 0 aliphatic carbocycles. The van der Waals surface area contributed by atoms with Crippen LogP contribution in [0.2, 0.25) is 5.15 Å². The largest absolute Gasteiger partial charge is 0.465 e. The summed E-state index contributed by atoms with van der Waals surface area (Å²) in [6.45, 7) is 6.67. The second-order valence-electron chi connectivity index (χ2n) is 5.65. The van der Waals surface area contributed by atoms with Gasteiger partial charge in [-0.3, -0.25) is 4.79 Å². The SMILES string of the molecule is CCN(CC)C(=O)c1sc(NC(=S)Nc2cccnc2Cl)c(C(=O)OC)c1C. The molecular weight excluding hydrogens is 420 g/mol. The molecule has 0 aromatic carbocycles. The Hall–Kier alpha value is -2.23. The molecule has 0 aliphatic heterocycles. The van der Waals surface area contributed by atoms with Crippen molar-refractivity contribution in [2.45, 2.75) is 20.8 Å². The predicted octanol–water partition coefficient (Wildman–Crippen LogP) is 4.18. The number of hydrogen-bond donors (Lipinski definition) is 2. The average Bonchev–Trinajstić information content (AvgIpc) is 2.99. The second kappa shape index (κ2) is 9.81. The van der Waals surface area contributed by atoms with Gasteiger partial charge in [0.15, 0.2) is 10.3 Å². The number of amides is 1. The molecule has 0 radical (unpaired) electrons. The molecule has 10 heteroatoms. The van der Waals surface area contributed by atoms with E-state index < -0.39 is 5.97 Å². The van der Waals surface area contributed by atoms with E-state index in [2.05, 4.69) is 15.6 Å². The van der Waals surface area contributed by atoms with Gasteiger partial charge in [0.05, 0.1) is 23.2 Å². The van der Waals surface area contributed by atoms with Crippen LogP contribution in [0.4, 0.5) is 10.7 Å². The summed E-state index contributed by atoms with van der Waals surface area (Å²) >= 11 is 12.5. The zero-order valence-electron chi connectivity index (χ0n) is 16.0. The van der Waals surface area contributed by atoms with E-state index in [4.69, 9.17) is 28.6 Å². The van der Waals surface area contributed by atoms with Gasteiger partial charge in [-0.1, -0.05) is 11.6 Å². The Labute approximate surface area is 178 Å². The number of anilines is 2. The Kier molecular flexibility index (Phi) is 7.73. The summed E-state index contributed by atoms with van der Waals surface area (Å²) in [4.78, 5) is 31.3. The number of carbonyl (C=O) groups excluding carboxylic acids is 2. The van der Waals surface area contributed by atoms with Crippen LogP contribution >= 0.6 is 35.2 Å². The van der Waals surface area contributed by atoms with E-state index in [-0.39, 0.29) is 21.7 Å². The van der Waals surface area contributed by atoms with Crippen LogP contribution in [0.25, 0.3) is 0 Å². The van der Waals surface area contributed by atoms with Gasteiger partial charge >= 0.3 is 5.97 Å². The number of thiophene rings is 1. The maximum absolute atomic E-state index is 12.8. The monoisotopic (exact) mass is 440 g/mol. The highest BCUT2D eigenvalue weighted by Crippen LogP contribution is 2.34. The number of rotatable bonds is 6. The topological polar surface area (TPSA) is 83.6 Å². The van der Waals surface area contributed by atoms with Crippen molar-refractivity contribution in [2.75, 3.05) is 30.8 Å². The zero-order valence-corrected chi connectivity index (χ0v) is 18.3. The van der Waals surface area contributed by atoms with Crippen LogP contribution in [-0.4, -0.2) is 47.1 Å². The van der Waals surface area contributed by atoms with Crippen LogP contribution in [-0.2, 0) is 4.74 Å². The second-order valence-corrected chi connectivity index (χ2v) is 7.44. The molecule has 28 heavy (non-hydrogen) atoms. The van der Waals surface area contributed by atoms with Gasteiger partial charge in [0.2, 0.25) is 0 Å². The highest BCUT2D eigenvalue weighted by atomic mass is 35.5. The summed E-state index contributed by atoms with van der Waals surface area (Å²) in [5, 5.41) is 6.81. The van der Waals surface area contributed by atoms with E-state index in [0.717, 1.165) is 11.3 Å².